The molecule has 0 spiro atoms. The zero-order valence-electron chi connectivity index (χ0n) is 27.6. The Kier molecular flexibility index (Phi) is 11.9. The summed E-state index contributed by atoms with van der Waals surface area (Å²) >= 11 is 0. The van der Waals surface area contributed by atoms with E-state index in [0.29, 0.717) is 56.1 Å². The van der Waals surface area contributed by atoms with Crippen molar-refractivity contribution in [3.8, 4) is 5.75 Å². The molecular formula is C35H56O8. The molecule has 1 aromatic carbocycles. The van der Waals surface area contributed by atoms with Crippen molar-refractivity contribution < 1.29 is 39.5 Å². The lowest BCUT2D eigenvalue weighted by atomic mass is 9.75. The fourth-order valence-electron chi connectivity index (χ4n) is 7.73. The van der Waals surface area contributed by atoms with Gasteiger partial charge in [-0.2, -0.15) is 0 Å². The summed E-state index contributed by atoms with van der Waals surface area (Å²) < 4.78 is 13.3. The monoisotopic (exact) mass is 604 g/mol. The summed E-state index contributed by atoms with van der Waals surface area (Å²) in [6, 6.07) is 3.41. The molecule has 244 valence electrons. The molecular weight excluding hydrogens is 548 g/mol. The minimum atomic E-state index is -1.18. The highest BCUT2D eigenvalue weighted by atomic mass is 16.6. The number of benzene rings is 1. The molecule has 2 aliphatic rings. The van der Waals surface area contributed by atoms with Gasteiger partial charge in [-0.1, -0.05) is 53.7 Å². The van der Waals surface area contributed by atoms with E-state index in [9.17, 15) is 30.0 Å². The lowest BCUT2D eigenvalue weighted by Crippen LogP contribution is -2.55. The van der Waals surface area contributed by atoms with Gasteiger partial charge >= 0.3 is 5.97 Å². The number of hydrogen-bond donors (Lipinski definition) is 4. The molecule has 8 heteroatoms. The van der Waals surface area contributed by atoms with Crippen LogP contribution >= 0.6 is 0 Å². The van der Waals surface area contributed by atoms with Crippen molar-refractivity contribution in [2.75, 3.05) is 0 Å². The van der Waals surface area contributed by atoms with Crippen molar-refractivity contribution in [3.63, 3.8) is 0 Å². The maximum atomic E-state index is 14.1. The molecule has 3 rings (SSSR count). The van der Waals surface area contributed by atoms with Crippen LogP contribution in [0.1, 0.15) is 121 Å². The Morgan fingerprint density at radius 3 is 2.30 bits per heavy atom. The summed E-state index contributed by atoms with van der Waals surface area (Å²) in [5.41, 5.74) is -0.429. The van der Waals surface area contributed by atoms with Gasteiger partial charge in [-0.3, -0.25) is 4.79 Å². The largest absolute Gasteiger partial charge is 0.507 e. The number of phenols is 1. The second kappa shape index (κ2) is 14.4. The normalized spacial score (nSPS) is 32.2. The van der Waals surface area contributed by atoms with E-state index in [2.05, 4.69) is 13.8 Å². The van der Waals surface area contributed by atoms with E-state index >= 15 is 0 Å². The lowest BCUT2D eigenvalue weighted by molar-refractivity contribution is -0.229. The second-order valence-electron chi connectivity index (χ2n) is 13.5. The Balaban J connectivity index is 1.73. The Hall–Kier alpha value is -2.00. The van der Waals surface area contributed by atoms with Crippen LogP contribution in [-0.4, -0.2) is 67.8 Å². The average molecular weight is 605 g/mol. The molecule has 0 amide bonds. The first-order valence-corrected chi connectivity index (χ1v) is 16.5. The van der Waals surface area contributed by atoms with Crippen molar-refractivity contribution in [2.24, 2.45) is 23.7 Å². The molecule has 4 N–H and O–H groups in total. The molecule has 0 aromatic heterocycles. The van der Waals surface area contributed by atoms with Gasteiger partial charge in [-0.05, 0) is 94.6 Å². The number of carbonyl (C=O) groups excluding carboxylic acids is 1. The van der Waals surface area contributed by atoms with Crippen LogP contribution in [0.2, 0.25) is 0 Å². The number of aliphatic hydroxyl groups excluding tert-OH is 1. The molecule has 0 aliphatic carbocycles. The summed E-state index contributed by atoms with van der Waals surface area (Å²) in [4.78, 5) is 25.9. The summed E-state index contributed by atoms with van der Waals surface area (Å²) in [6.45, 7) is 15.7. The number of carbonyl (C=O) groups is 2. The highest BCUT2D eigenvalue weighted by molar-refractivity contribution is 5.93. The van der Waals surface area contributed by atoms with Crippen LogP contribution < -0.4 is 0 Å². The summed E-state index contributed by atoms with van der Waals surface area (Å²) in [6.07, 6.45) is 3.87. The van der Waals surface area contributed by atoms with Gasteiger partial charge in [0.1, 0.15) is 17.1 Å². The van der Waals surface area contributed by atoms with Gasteiger partial charge in [0.15, 0.2) is 0 Å². The van der Waals surface area contributed by atoms with E-state index in [0.717, 1.165) is 12.8 Å². The van der Waals surface area contributed by atoms with Crippen LogP contribution in [0.5, 0.6) is 5.75 Å². The number of hydrogen-bond acceptors (Lipinski definition) is 7. The summed E-state index contributed by atoms with van der Waals surface area (Å²) in [7, 11) is 0. The number of aromatic hydroxyl groups is 1. The molecule has 2 heterocycles. The third kappa shape index (κ3) is 7.13. The zero-order valence-corrected chi connectivity index (χ0v) is 27.6. The zero-order chi connectivity index (χ0) is 32.3. The smallest absolute Gasteiger partial charge is 0.339 e. The van der Waals surface area contributed by atoms with Crippen LogP contribution in [0, 0.1) is 30.6 Å². The maximum Gasteiger partial charge on any atom is 0.339 e. The first-order valence-electron chi connectivity index (χ1n) is 16.5. The SMILES string of the molecule is CCC(C(=O)C(CC)C1OC(CC)(C2CCC(O)(CC)C(C)O2)CC1C)C(O)C(C)CCc1ccc(C)c(O)c1C(=O)O. The number of Topliss-reactive ketones (excluding diaryl/α,β-unsaturated/α-hetero) is 1. The van der Waals surface area contributed by atoms with Crippen LogP contribution in [-0.2, 0) is 20.7 Å². The van der Waals surface area contributed by atoms with Crippen molar-refractivity contribution >= 4 is 11.8 Å². The molecule has 8 nitrogen and oxygen atoms in total. The quantitative estimate of drug-likeness (QED) is 0.196. The number of ketones is 1. The minimum absolute atomic E-state index is 0.0191. The molecule has 0 radical (unpaired) electrons. The van der Waals surface area contributed by atoms with Gasteiger partial charge in [0.25, 0.3) is 0 Å². The first-order chi connectivity index (χ1) is 20.2. The molecule has 0 saturated carbocycles. The highest BCUT2D eigenvalue weighted by Gasteiger charge is 2.55. The second-order valence-corrected chi connectivity index (χ2v) is 13.5. The first kappa shape index (κ1) is 35.5. The van der Waals surface area contributed by atoms with Gasteiger partial charge in [0.05, 0.1) is 35.6 Å². The number of carboxylic acid groups (broad SMARTS) is 1. The molecule has 2 aliphatic heterocycles. The third-order valence-electron chi connectivity index (χ3n) is 10.9. The van der Waals surface area contributed by atoms with Gasteiger partial charge in [0.2, 0.25) is 0 Å². The van der Waals surface area contributed by atoms with Gasteiger partial charge in [-0.15, -0.1) is 0 Å². The predicted molar refractivity (Wildman–Crippen MR) is 166 cm³/mol. The van der Waals surface area contributed by atoms with Gasteiger partial charge < -0.3 is 29.9 Å². The Bertz CT molecular complexity index is 1120. The molecule has 0 bridgehead atoms. The minimum Gasteiger partial charge on any atom is -0.507 e. The molecule has 2 fully saturated rings. The Labute approximate surface area is 258 Å². The molecule has 10 unspecified atom stereocenters. The number of aliphatic hydroxyl groups is 2. The standard InChI is InChI=1S/C35H56O8/c1-9-25(29(36)20(5)13-15-24-16-14-21(6)30(37)28(24)33(39)40)31(38)26(10-2)32-22(7)19-35(12-4,43-32)27-17-18-34(41,11-3)23(8)42-27/h14,16,20,22-23,25-27,29,32,36-37,41H,9-13,15,17-19H2,1-8H3,(H,39,40). The predicted octanol–water partition coefficient (Wildman–Crippen LogP) is 6.23. The molecule has 2 saturated heterocycles. The number of rotatable bonds is 14. The molecule has 1 aromatic rings. The fourth-order valence-corrected chi connectivity index (χ4v) is 7.73. The number of aryl methyl sites for hydroxylation is 2. The summed E-state index contributed by atoms with van der Waals surface area (Å²) in [5, 5.41) is 42.4. The van der Waals surface area contributed by atoms with E-state index in [1.165, 1.54) is 0 Å². The Morgan fingerprint density at radius 2 is 1.77 bits per heavy atom. The van der Waals surface area contributed by atoms with Crippen molar-refractivity contribution in [1.82, 2.24) is 0 Å². The molecule has 10 atom stereocenters. The average Bonchev–Trinajstić information content (AvgIpc) is 3.32. The number of ether oxygens (including phenoxy) is 2. The number of carboxylic acids is 1. The van der Waals surface area contributed by atoms with Crippen molar-refractivity contribution in [2.45, 2.75) is 149 Å². The Morgan fingerprint density at radius 1 is 1.09 bits per heavy atom. The molecule has 43 heavy (non-hydrogen) atoms. The van der Waals surface area contributed by atoms with Crippen LogP contribution in [0.3, 0.4) is 0 Å². The van der Waals surface area contributed by atoms with E-state index in [1.54, 1.807) is 19.1 Å². The number of aromatic carboxylic acids is 1. The van der Waals surface area contributed by atoms with Gasteiger partial charge in [-0.25, -0.2) is 4.79 Å². The van der Waals surface area contributed by atoms with Crippen LogP contribution in [0.25, 0.3) is 0 Å². The van der Waals surface area contributed by atoms with Crippen LogP contribution in [0.4, 0.5) is 0 Å². The van der Waals surface area contributed by atoms with E-state index < -0.39 is 29.2 Å². The maximum absolute atomic E-state index is 14.1. The lowest BCUT2D eigenvalue weighted by Gasteiger charge is -2.47. The highest BCUT2D eigenvalue weighted by Crippen LogP contribution is 2.48. The van der Waals surface area contributed by atoms with Crippen LogP contribution in [0.15, 0.2) is 12.1 Å². The van der Waals surface area contributed by atoms with E-state index in [1.807, 2.05) is 34.6 Å². The van der Waals surface area contributed by atoms with Gasteiger partial charge in [0, 0.05) is 11.8 Å². The van der Waals surface area contributed by atoms with Crippen molar-refractivity contribution in [1.29, 1.82) is 0 Å². The topological polar surface area (TPSA) is 134 Å². The van der Waals surface area contributed by atoms with Crippen molar-refractivity contribution in [3.05, 3.63) is 28.8 Å². The van der Waals surface area contributed by atoms with E-state index in [-0.39, 0.29) is 53.2 Å². The fraction of sp³-hybridized carbons (Fsp3) is 0.771. The third-order valence-corrected chi connectivity index (χ3v) is 10.9. The van der Waals surface area contributed by atoms with E-state index in [4.69, 9.17) is 9.47 Å². The summed E-state index contributed by atoms with van der Waals surface area (Å²) in [5.74, 6) is -2.45.